The molecule has 0 bridgehead atoms. The normalized spacial score (nSPS) is 12.5. The quantitative estimate of drug-likeness (QED) is 0.0538. The van der Waals surface area contributed by atoms with Gasteiger partial charge in [0.1, 0.15) is 0 Å². The standard InChI is InChI=1S/2C22H15F6NO4S.4C5H5N.2Co/c2*1-2-29-13-5-3-11(15(30)9-19(32)21(23,24)25)7-17(13)34-18-8-12(4-6-14(18)29)16(31)10-20(33)22(26,27)28;4*1-2-4-6-5-3-1;;/h2*3-10,32-33H,2H2,1H3;4*1-5H;;/q;;;;;;2*+2/p-4/b2*19-9-,20-10-;;;;;;. The zero-order chi connectivity index (χ0) is 67.8. The Balaban J connectivity index is 0.000000353. The maximum atomic E-state index is 12.5. The Hall–Kier alpha value is -9.21. The average molecular weight is 1440 g/mol. The molecule has 0 unspecified atom stereocenters. The summed E-state index contributed by atoms with van der Waals surface area (Å²) >= 11 is 2.05. The molecule has 10 rings (SSSR count). The largest absolute Gasteiger partial charge is 2.00 e. The molecule has 4 aromatic heterocycles. The van der Waals surface area contributed by atoms with Crippen molar-refractivity contribution >= 4 is 69.4 Å². The smallest absolute Gasteiger partial charge is 0.869 e. The molecule has 4 aromatic carbocycles. The molecule has 0 N–H and O–H groups in total. The van der Waals surface area contributed by atoms with E-state index in [1.165, 1.54) is 72.8 Å². The minimum absolute atomic E-state index is 0. The van der Waals surface area contributed by atoms with Crippen LogP contribution < -0.4 is 30.2 Å². The summed E-state index contributed by atoms with van der Waals surface area (Å²) in [5, 5.41) is 44.4. The van der Waals surface area contributed by atoms with Crippen LogP contribution >= 0.6 is 23.5 Å². The van der Waals surface area contributed by atoms with E-state index in [1.807, 2.05) is 72.8 Å². The Labute approximate surface area is 557 Å². The number of allylic oxidation sites excluding steroid dienone is 8. The van der Waals surface area contributed by atoms with Crippen LogP contribution in [0.4, 0.5) is 75.4 Å². The van der Waals surface area contributed by atoms with Gasteiger partial charge in [0.2, 0.25) is 0 Å². The molecule has 2 aliphatic rings. The van der Waals surface area contributed by atoms with E-state index < -0.39 is 70.9 Å². The van der Waals surface area contributed by atoms with E-state index in [4.69, 9.17) is 0 Å². The zero-order valence-electron chi connectivity index (χ0n) is 48.2. The number of ketones is 4. The molecule has 6 heterocycles. The first-order chi connectivity index (χ1) is 43.4. The average Bonchev–Trinajstić information content (AvgIpc) is 0.784. The van der Waals surface area contributed by atoms with Crippen LogP contribution in [0.1, 0.15) is 55.3 Å². The number of hydrogen-bond acceptors (Lipinski definition) is 16. The molecular weight excluding hydrogens is 1390 g/mol. The van der Waals surface area contributed by atoms with Crippen LogP contribution in [-0.2, 0) is 33.6 Å². The van der Waals surface area contributed by atoms with Gasteiger partial charge in [-0.3, -0.25) is 39.1 Å². The van der Waals surface area contributed by atoms with Crippen LogP contribution in [0.5, 0.6) is 0 Å². The van der Waals surface area contributed by atoms with Crippen LogP contribution in [0.15, 0.2) is 262 Å². The molecule has 0 spiro atoms. The number of alkyl halides is 12. The van der Waals surface area contributed by atoms with E-state index in [0.29, 0.717) is 55.4 Å². The number of fused-ring (bicyclic) bond motifs is 4. The minimum atomic E-state index is -5.19. The van der Waals surface area contributed by atoms with E-state index in [2.05, 4.69) is 19.9 Å². The molecule has 94 heavy (non-hydrogen) atoms. The van der Waals surface area contributed by atoms with Crippen molar-refractivity contribution in [2.24, 2.45) is 0 Å². The Kier molecular flexibility index (Phi) is 31.0. The molecule has 0 atom stereocenters. The summed E-state index contributed by atoms with van der Waals surface area (Å²) in [6.07, 6.45) is -6.96. The second-order valence-electron chi connectivity index (χ2n) is 18.0. The molecular formula is C64H46Co2F12N6O8S2. The molecule has 0 saturated carbocycles. The van der Waals surface area contributed by atoms with Crippen LogP contribution in [-0.4, -0.2) is 80.9 Å². The van der Waals surface area contributed by atoms with E-state index >= 15 is 0 Å². The fraction of sp³-hybridized carbons (Fsp3) is 0.125. The van der Waals surface area contributed by atoms with Gasteiger partial charge in [-0.05, 0) is 183 Å². The van der Waals surface area contributed by atoms with E-state index in [9.17, 15) is 92.3 Å². The van der Waals surface area contributed by atoms with Crippen molar-refractivity contribution in [2.75, 3.05) is 22.9 Å². The molecule has 8 aromatic rings. The second-order valence-corrected chi connectivity index (χ2v) is 20.2. The van der Waals surface area contributed by atoms with Gasteiger partial charge in [-0.25, -0.2) is 0 Å². The number of aromatic nitrogens is 4. The number of hydrogen-bond donors (Lipinski definition) is 0. The molecule has 2 aliphatic heterocycles. The van der Waals surface area contributed by atoms with Crippen LogP contribution in [0.3, 0.4) is 0 Å². The van der Waals surface area contributed by atoms with Crippen molar-refractivity contribution in [1.29, 1.82) is 0 Å². The molecule has 0 amide bonds. The Morgan fingerprint density at radius 2 is 0.532 bits per heavy atom. The number of pyridine rings is 4. The zero-order valence-corrected chi connectivity index (χ0v) is 51.9. The van der Waals surface area contributed by atoms with Crippen LogP contribution in [0, 0.1) is 0 Å². The maximum absolute atomic E-state index is 12.5. The Bertz CT molecular complexity index is 3310. The number of carbonyl (C=O) groups is 4. The van der Waals surface area contributed by atoms with Gasteiger partial charge in [0.05, 0.1) is 22.7 Å². The molecule has 0 fully saturated rings. The van der Waals surface area contributed by atoms with Crippen molar-refractivity contribution in [3.63, 3.8) is 0 Å². The van der Waals surface area contributed by atoms with E-state index in [0.717, 1.165) is 23.5 Å². The van der Waals surface area contributed by atoms with Crippen LogP contribution in [0.2, 0.25) is 0 Å². The van der Waals surface area contributed by atoms with Gasteiger partial charge in [0.15, 0.2) is 23.1 Å². The van der Waals surface area contributed by atoms with Gasteiger partial charge in [-0.15, -0.1) is 0 Å². The first-order valence-electron chi connectivity index (χ1n) is 26.3. The first kappa shape index (κ1) is 79.0. The summed E-state index contributed by atoms with van der Waals surface area (Å²) in [7, 11) is 0. The van der Waals surface area contributed by atoms with Crippen molar-refractivity contribution in [3.8, 4) is 0 Å². The van der Waals surface area contributed by atoms with Gasteiger partial charge in [-0.2, -0.15) is 52.7 Å². The minimum Gasteiger partial charge on any atom is -0.869 e. The third-order valence-electron chi connectivity index (χ3n) is 11.6. The van der Waals surface area contributed by atoms with Gasteiger partial charge >= 0.3 is 58.3 Å². The van der Waals surface area contributed by atoms with Gasteiger partial charge < -0.3 is 30.2 Å². The monoisotopic (exact) mass is 1440 g/mol. The molecule has 494 valence electrons. The summed E-state index contributed by atoms with van der Waals surface area (Å²) in [4.78, 5) is 68.9. The Morgan fingerprint density at radius 1 is 0.351 bits per heavy atom. The fourth-order valence-corrected chi connectivity index (χ4v) is 9.80. The Morgan fingerprint density at radius 3 is 0.660 bits per heavy atom. The summed E-state index contributed by atoms with van der Waals surface area (Å²) < 4.78 is 149. The van der Waals surface area contributed by atoms with Crippen molar-refractivity contribution < 1.29 is 126 Å². The predicted molar refractivity (Wildman–Crippen MR) is 310 cm³/mol. The number of halogens is 12. The predicted octanol–water partition coefficient (Wildman–Crippen LogP) is 12.9. The molecule has 0 saturated heterocycles. The third-order valence-corrected chi connectivity index (χ3v) is 13.8. The summed E-state index contributed by atoms with van der Waals surface area (Å²) in [5.74, 6) is -13.8. The topological polar surface area (TPSA) is 219 Å². The van der Waals surface area contributed by atoms with Crippen molar-refractivity contribution in [2.45, 2.75) is 58.1 Å². The number of nitrogens with zero attached hydrogens (tertiary/aromatic N) is 6. The molecule has 0 aliphatic carbocycles. The summed E-state index contributed by atoms with van der Waals surface area (Å²) in [6.45, 7) is 4.37. The molecule has 14 nitrogen and oxygen atoms in total. The SMILES string of the molecule is CCN1c2ccc(C(=O)/C=C(\[O-])C(F)(F)F)cc2Sc2cc(C(=O)/C=C(\[O-])C(F)(F)F)ccc21.CCN1c2ccc(C(=O)/C=C(\[O-])C(F)(F)F)cc2Sc2cc(C(=O)/C=C(\[O-])C(F)(F)F)ccc21.[Co+2].[Co+2].c1ccncc1.c1ccncc1.c1ccncc1.c1ccncc1. The summed E-state index contributed by atoms with van der Waals surface area (Å²) in [5.41, 5.74) is 1.65. The van der Waals surface area contributed by atoms with Gasteiger partial charge in [-0.1, -0.05) is 47.8 Å². The number of rotatable bonds is 10. The third kappa shape index (κ3) is 24.4. The second kappa shape index (κ2) is 36.9. The number of anilines is 4. The maximum Gasteiger partial charge on any atom is 2.00 e. The number of benzene rings is 4. The first-order valence-corrected chi connectivity index (χ1v) is 28.0. The van der Waals surface area contributed by atoms with Crippen molar-refractivity contribution in [3.05, 3.63) is 265 Å². The number of carbonyl (C=O) groups excluding carboxylic acids is 4. The van der Waals surface area contributed by atoms with Crippen molar-refractivity contribution in [1.82, 2.24) is 19.9 Å². The fourth-order valence-electron chi connectivity index (χ4n) is 7.45. The van der Waals surface area contributed by atoms with Gasteiger partial charge in [0, 0.05) is 105 Å². The van der Waals surface area contributed by atoms with Gasteiger partial charge in [0.25, 0.3) is 0 Å². The summed E-state index contributed by atoms with van der Waals surface area (Å²) in [6, 6.07) is 39.0. The molecule has 2 radical (unpaired) electrons. The molecule has 30 heteroatoms. The van der Waals surface area contributed by atoms with Crippen LogP contribution in [0.25, 0.3) is 0 Å². The van der Waals surface area contributed by atoms with E-state index in [-0.39, 0.29) is 80.1 Å². The van der Waals surface area contributed by atoms with E-state index in [1.54, 1.807) is 73.2 Å².